The number of benzene rings is 1. The van der Waals surface area contributed by atoms with E-state index in [4.69, 9.17) is 16.3 Å². The van der Waals surface area contributed by atoms with Crippen molar-refractivity contribution >= 4 is 17.3 Å². The summed E-state index contributed by atoms with van der Waals surface area (Å²) in [5.74, 6) is 0.435. The summed E-state index contributed by atoms with van der Waals surface area (Å²) < 4.78 is 5.61. The number of hydrogen-bond donors (Lipinski definition) is 0. The van der Waals surface area contributed by atoms with Crippen LogP contribution in [0.2, 0.25) is 0 Å². The molecule has 0 amide bonds. The van der Waals surface area contributed by atoms with Crippen LogP contribution >= 0.6 is 11.6 Å². The van der Waals surface area contributed by atoms with Crippen LogP contribution in [0.15, 0.2) is 18.2 Å². The Morgan fingerprint density at radius 2 is 2.28 bits per heavy atom. The van der Waals surface area contributed by atoms with Gasteiger partial charge in [-0.2, -0.15) is 5.26 Å². The number of hydrogen-bond acceptors (Lipinski definition) is 3. The second-order valence-electron chi connectivity index (χ2n) is 4.74. The van der Waals surface area contributed by atoms with Gasteiger partial charge in [0.05, 0.1) is 24.0 Å². The monoisotopic (exact) mass is 264 g/mol. The molecular formula is C14H17ClN2O. The largest absolute Gasteiger partial charge is 0.375 e. The molecule has 2 rings (SSSR count). The first-order valence-electron chi connectivity index (χ1n) is 6.13. The highest BCUT2D eigenvalue weighted by Gasteiger charge is 2.25. The van der Waals surface area contributed by atoms with Crippen molar-refractivity contribution in [2.45, 2.75) is 31.9 Å². The summed E-state index contributed by atoms with van der Waals surface area (Å²) >= 11 is 5.80. The van der Waals surface area contributed by atoms with Gasteiger partial charge in [-0.3, -0.25) is 0 Å². The number of anilines is 1. The fraction of sp³-hybridized carbons (Fsp3) is 0.500. The Morgan fingerprint density at radius 3 is 2.94 bits per heavy atom. The molecular weight excluding hydrogens is 248 g/mol. The Hall–Kier alpha value is -1.24. The molecule has 0 radical (unpaired) electrons. The number of nitriles is 1. The number of alkyl halides is 1. The zero-order valence-corrected chi connectivity index (χ0v) is 11.4. The van der Waals surface area contributed by atoms with Crippen LogP contribution in [0.25, 0.3) is 0 Å². The van der Waals surface area contributed by atoms with E-state index in [0.717, 1.165) is 17.8 Å². The van der Waals surface area contributed by atoms with Crippen molar-refractivity contribution in [1.82, 2.24) is 0 Å². The molecule has 1 fully saturated rings. The lowest BCUT2D eigenvalue weighted by Crippen LogP contribution is -2.47. The van der Waals surface area contributed by atoms with E-state index >= 15 is 0 Å². The molecule has 2 unspecified atom stereocenters. The third-order valence-electron chi connectivity index (χ3n) is 3.25. The van der Waals surface area contributed by atoms with Gasteiger partial charge in [0.1, 0.15) is 6.07 Å². The topological polar surface area (TPSA) is 36.3 Å². The summed E-state index contributed by atoms with van der Waals surface area (Å²) in [4.78, 5) is 2.24. The third kappa shape index (κ3) is 2.60. The van der Waals surface area contributed by atoms with Crippen LogP contribution in [0.3, 0.4) is 0 Å². The fourth-order valence-electron chi connectivity index (χ4n) is 2.25. The molecule has 1 saturated heterocycles. The summed E-state index contributed by atoms with van der Waals surface area (Å²) in [5, 5.41) is 9.27. The minimum absolute atomic E-state index is 0.195. The Labute approximate surface area is 113 Å². The lowest BCUT2D eigenvalue weighted by molar-refractivity contribution is 0.0343. The minimum Gasteiger partial charge on any atom is -0.375 e. The van der Waals surface area contributed by atoms with Crippen molar-refractivity contribution < 1.29 is 4.74 Å². The average molecular weight is 265 g/mol. The average Bonchev–Trinajstić information content (AvgIpc) is 2.41. The molecule has 0 N–H and O–H groups in total. The quantitative estimate of drug-likeness (QED) is 0.771. The van der Waals surface area contributed by atoms with E-state index in [-0.39, 0.29) is 12.1 Å². The molecule has 4 heteroatoms. The van der Waals surface area contributed by atoms with Crippen LogP contribution in [-0.4, -0.2) is 25.3 Å². The lowest BCUT2D eigenvalue weighted by atomic mass is 10.1. The maximum atomic E-state index is 9.27. The highest BCUT2D eigenvalue weighted by molar-refractivity contribution is 6.17. The Balaban J connectivity index is 2.34. The van der Waals surface area contributed by atoms with Gasteiger partial charge >= 0.3 is 0 Å². The molecule has 1 heterocycles. The van der Waals surface area contributed by atoms with Crippen molar-refractivity contribution in [2.75, 3.05) is 18.1 Å². The van der Waals surface area contributed by atoms with Crippen LogP contribution in [0.5, 0.6) is 0 Å². The summed E-state index contributed by atoms with van der Waals surface area (Å²) in [5.41, 5.74) is 2.65. The first kappa shape index (κ1) is 13.2. The Bertz CT molecular complexity index is 469. The van der Waals surface area contributed by atoms with Gasteiger partial charge in [0, 0.05) is 18.5 Å². The zero-order chi connectivity index (χ0) is 13.1. The highest BCUT2D eigenvalue weighted by Crippen LogP contribution is 2.26. The van der Waals surface area contributed by atoms with Gasteiger partial charge in [0.2, 0.25) is 0 Å². The second kappa shape index (κ2) is 5.60. The van der Waals surface area contributed by atoms with E-state index < -0.39 is 0 Å². The first-order chi connectivity index (χ1) is 8.65. The maximum absolute atomic E-state index is 9.27. The Morgan fingerprint density at radius 1 is 1.50 bits per heavy atom. The smallest absolute Gasteiger partial charge is 0.101 e. The molecule has 1 aliphatic rings. The number of halogens is 1. The highest BCUT2D eigenvalue weighted by atomic mass is 35.5. The van der Waals surface area contributed by atoms with Gasteiger partial charge in [-0.25, -0.2) is 0 Å². The molecule has 0 saturated carbocycles. The third-order valence-corrected chi connectivity index (χ3v) is 3.56. The zero-order valence-electron chi connectivity index (χ0n) is 10.7. The van der Waals surface area contributed by atoms with Gasteiger partial charge in [0.15, 0.2) is 0 Å². The van der Waals surface area contributed by atoms with Crippen LogP contribution < -0.4 is 4.90 Å². The van der Waals surface area contributed by atoms with Gasteiger partial charge in [-0.1, -0.05) is 6.07 Å². The lowest BCUT2D eigenvalue weighted by Gasteiger charge is -2.39. The van der Waals surface area contributed by atoms with E-state index in [2.05, 4.69) is 24.8 Å². The standard InChI is InChI=1S/C14H17ClN2O/c1-10-9-18-11(2)8-17(10)14-4-3-12(6-15)5-13(14)7-16/h3-5,10-11H,6,8-9H2,1-2H3. The number of ether oxygens (including phenoxy) is 1. The van der Waals surface area contributed by atoms with Gasteiger partial charge < -0.3 is 9.64 Å². The predicted octanol–water partition coefficient (Wildman–Crippen LogP) is 2.91. The van der Waals surface area contributed by atoms with Crippen molar-refractivity contribution in [3.8, 4) is 6.07 Å². The molecule has 1 aliphatic heterocycles. The van der Waals surface area contributed by atoms with Crippen molar-refractivity contribution in [3.05, 3.63) is 29.3 Å². The predicted molar refractivity (Wildman–Crippen MR) is 72.9 cm³/mol. The normalized spacial score (nSPS) is 23.8. The molecule has 0 aromatic heterocycles. The van der Waals surface area contributed by atoms with Crippen LogP contribution in [0.1, 0.15) is 25.0 Å². The van der Waals surface area contributed by atoms with E-state index in [1.54, 1.807) is 0 Å². The summed E-state index contributed by atoms with van der Waals surface area (Å²) in [6.45, 7) is 5.68. The Kier molecular flexibility index (Phi) is 4.11. The molecule has 96 valence electrons. The minimum atomic E-state index is 0.195. The molecule has 1 aromatic carbocycles. The molecule has 0 spiro atoms. The summed E-state index contributed by atoms with van der Waals surface area (Å²) in [6.07, 6.45) is 0.195. The molecule has 18 heavy (non-hydrogen) atoms. The maximum Gasteiger partial charge on any atom is 0.101 e. The molecule has 0 aliphatic carbocycles. The molecule has 0 bridgehead atoms. The van der Waals surface area contributed by atoms with E-state index in [0.29, 0.717) is 18.1 Å². The van der Waals surface area contributed by atoms with Crippen LogP contribution in [-0.2, 0) is 10.6 Å². The van der Waals surface area contributed by atoms with E-state index in [1.165, 1.54) is 0 Å². The molecule has 2 atom stereocenters. The number of rotatable bonds is 2. The molecule has 3 nitrogen and oxygen atoms in total. The second-order valence-corrected chi connectivity index (χ2v) is 5.01. The van der Waals surface area contributed by atoms with Crippen LogP contribution in [0.4, 0.5) is 5.69 Å². The van der Waals surface area contributed by atoms with Crippen molar-refractivity contribution in [1.29, 1.82) is 5.26 Å². The number of nitrogens with zero attached hydrogens (tertiary/aromatic N) is 2. The summed E-state index contributed by atoms with van der Waals surface area (Å²) in [7, 11) is 0. The SMILES string of the molecule is CC1CN(c2ccc(CCl)cc2C#N)C(C)CO1. The first-order valence-corrected chi connectivity index (χ1v) is 6.66. The van der Waals surface area contributed by atoms with Gasteiger partial charge in [-0.15, -0.1) is 11.6 Å². The van der Waals surface area contributed by atoms with Crippen LogP contribution in [0, 0.1) is 11.3 Å². The fourth-order valence-corrected chi connectivity index (χ4v) is 2.41. The van der Waals surface area contributed by atoms with Gasteiger partial charge in [-0.05, 0) is 31.5 Å². The van der Waals surface area contributed by atoms with Crippen molar-refractivity contribution in [2.24, 2.45) is 0 Å². The van der Waals surface area contributed by atoms with Gasteiger partial charge in [0.25, 0.3) is 0 Å². The molecule has 1 aromatic rings. The number of morpholine rings is 1. The van der Waals surface area contributed by atoms with E-state index in [9.17, 15) is 5.26 Å². The summed E-state index contributed by atoms with van der Waals surface area (Å²) in [6, 6.07) is 8.39. The van der Waals surface area contributed by atoms with E-state index in [1.807, 2.05) is 18.2 Å². The van der Waals surface area contributed by atoms with Crippen molar-refractivity contribution in [3.63, 3.8) is 0 Å².